The maximum Gasteiger partial charge on any atom is 0.263 e. The molecule has 0 aliphatic heterocycles. The van der Waals surface area contributed by atoms with E-state index in [-0.39, 0.29) is 10.5 Å². The smallest absolute Gasteiger partial charge is 0.263 e. The molecule has 0 saturated carbocycles. The van der Waals surface area contributed by atoms with Crippen LogP contribution in [0.5, 0.6) is 5.75 Å². The zero-order chi connectivity index (χ0) is 14.8. The predicted octanol–water partition coefficient (Wildman–Crippen LogP) is 1.95. The van der Waals surface area contributed by atoms with E-state index in [0.29, 0.717) is 15.9 Å². The Morgan fingerprint density at radius 2 is 2.00 bits per heavy atom. The van der Waals surface area contributed by atoms with Crippen LogP contribution in [-0.4, -0.2) is 20.5 Å². The van der Waals surface area contributed by atoms with Gasteiger partial charge in [0.2, 0.25) is 5.56 Å². The van der Waals surface area contributed by atoms with Gasteiger partial charge in [0.1, 0.15) is 10.6 Å². The van der Waals surface area contributed by atoms with Gasteiger partial charge in [-0.3, -0.25) is 9.52 Å². The molecule has 1 aromatic heterocycles. The maximum atomic E-state index is 12.1. The Balaban J connectivity index is 2.35. The Bertz CT molecular complexity index is 766. The molecule has 2 aromatic rings. The Hall–Kier alpha value is -1.80. The number of aromatic amines is 1. The number of ether oxygens (including phenoxy) is 1. The van der Waals surface area contributed by atoms with Crippen molar-refractivity contribution in [2.75, 3.05) is 11.8 Å². The van der Waals surface area contributed by atoms with Crippen molar-refractivity contribution in [3.63, 3.8) is 0 Å². The highest BCUT2D eigenvalue weighted by Crippen LogP contribution is 2.26. The van der Waals surface area contributed by atoms with Crippen molar-refractivity contribution < 1.29 is 13.2 Å². The third-order valence-electron chi connectivity index (χ3n) is 2.43. The molecule has 2 N–H and O–H groups in total. The summed E-state index contributed by atoms with van der Waals surface area (Å²) in [7, 11) is -2.28. The van der Waals surface area contributed by atoms with Crippen molar-refractivity contribution >= 4 is 31.6 Å². The van der Waals surface area contributed by atoms with Crippen molar-refractivity contribution in [3.05, 3.63) is 51.4 Å². The number of halogens is 1. The Morgan fingerprint density at radius 1 is 1.25 bits per heavy atom. The first-order valence-electron chi connectivity index (χ1n) is 5.47. The molecule has 0 bridgehead atoms. The molecule has 0 aliphatic carbocycles. The van der Waals surface area contributed by atoms with Crippen LogP contribution < -0.4 is 15.0 Å². The van der Waals surface area contributed by atoms with Gasteiger partial charge in [0, 0.05) is 22.8 Å². The second-order valence-corrected chi connectivity index (χ2v) is 6.47. The van der Waals surface area contributed by atoms with Gasteiger partial charge in [-0.2, -0.15) is 0 Å². The molecule has 0 atom stereocenters. The largest absolute Gasteiger partial charge is 0.497 e. The van der Waals surface area contributed by atoms with E-state index in [1.165, 1.54) is 13.2 Å². The molecule has 20 heavy (non-hydrogen) atoms. The van der Waals surface area contributed by atoms with Crippen molar-refractivity contribution in [1.82, 2.24) is 4.98 Å². The second kappa shape index (κ2) is 5.68. The summed E-state index contributed by atoms with van der Waals surface area (Å²) in [4.78, 5) is 13.2. The lowest BCUT2D eigenvalue weighted by Gasteiger charge is -2.09. The minimum atomic E-state index is -3.77. The number of anilines is 1. The van der Waals surface area contributed by atoms with Crippen LogP contribution in [0.3, 0.4) is 0 Å². The van der Waals surface area contributed by atoms with Crippen molar-refractivity contribution in [1.29, 1.82) is 0 Å². The SMILES string of the molecule is COc1cc(Br)cc(NS(=O)(=O)c2ccc(=O)[nH]c2)c1. The molecule has 2 rings (SSSR count). The van der Waals surface area contributed by atoms with E-state index < -0.39 is 10.0 Å². The molecule has 6 nitrogen and oxygen atoms in total. The highest BCUT2D eigenvalue weighted by atomic mass is 79.9. The molecule has 0 spiro atoms. The lowest BCUT2D eigenvalue weighted by Crippen LogP contribution is -2.15. The van der Waals surface area contributed by atoms with E-state index in [2.05, 4.69) is 25.6 Å². The standard InChI is InChI=1S/C12H11BrN2O4S/c1-19-10-5-8(13)4-9(6-10)15-20(17,18)11-2-3-12(16)14-7-11/h2-7,15H,1H3,(H,14,16). The van der Waals surface area contributed by atoms with Gasteiger partial charge in [-0.1, -0.05) is 15.9 Å². The van der Waals surface area contributed by atoms with E-state index in [4.69, 9.17) is 4.74 Å². The highest BCUT2D eigenvalue weighted by molar-refractivity contribution is 9.10. The Kier molecular flexibility index (Phi) is 4.15. The van der Waals surface area contributed by atoms with E-state index in [1.807, 2.05) is 0 Å². The molecule has 0 amide bonds. The molecule has 0 fully saturated rings. The third-order valence-corrected chi connectivity index (χ3v) is 4.26. The molecule has 8 heteroatoms. The van der Waals surface area contributed by atoms with Crippen LogP contribution in [0.25, 0.3) is 0 Å². The third kappa shape index (κ3) is 3.40. The van der Waals surface area contributed by atoms with Crippen LogP contribution in [-0.2, 0) is 10.0 Å². The summed E-state index contributed by atoms with van der Waals surface area (Å²) in [6.45, 7) is 0. The fourth-order valence-corrected chi connectivity index (χ4v) is 3.00. The monoisotopic (exact) mass is 358 g/mol. The van der Waals surface area contributed by atoms with Gasteiger partial charge in [-0.05, 0) is 18.2 Å². The first-order chi connectivity index (χ1) is 9.40. The van der Waals surface area contributed by atoms with Crippen LogP contribution in [0.1, 0.15) is 0 Å². The molecule has 106 valence electrons. The van der Waals surface area contributed by atoms with E-state index in [9.17, 15) is 13.2 Å². The minimum absolute atomic E-state index is 0.0314. The quantitative estimate of drug-likeness (QED) is 0.873. The highest BCUT2D eigenvalue weighted by Gasteiger charge is 2.15. The normalized spacial score (nSPS) is 11.1. The number of aromatic nitrogens is 1. The number of pyridine rings is 1. The average molecular weight is 359 g/mol. The first-order valence-corrected chi connectivity index (χ1v) is 7.74. The van der Waals surface area contributed by atoms with Crippen LogP contribution in [0.4, 0.5) is 5.69 Å². The van der Waals surface area contributed by atoms with Gasteiger partial charge < -0.3 is 9.72 Å². The minimum Gasteiger partial charge on any atom is -0.497 e. The van der Waals surface area contributed by atoms with Gasteiger partial charge in [0.05, 0.1) is 12.8 Å². The van der Waals surface area contributed by atoms with Crippen LogP contribution in [0.2, 0.25) is 0 Å². The number of hydrogen-bond acceptors (Lipinski definition) is 4. The summed E-state index contributed by atoms with van der Waals surface area (Å²) in [5, 5.41) is 0. The number of nitrogens with one attached hydrogen (secondary N) is 2. The second-order valence-electron chi connectivity index (χ2n) is 3.87. The molecular weight excluding hydrogens is 348 g/mol. The maximum absolute atomic E-state index is 12.1. The number of benzene rings is 1. The van der Waals surface area contributed by atoms with Gasteiger partial charge in [0.15, 0.2) is 0 Å². The van der Waals surface area contributed by atoms with Gasteiger partial charge in [-0.25, -0.2) is 8.42 Å². The zero-order valence-electron chi connectivity index (χ0n) is 10.4. The van der Waals surface area contributed by atoms with Crippen molar-refractivity contribution in [2.24, 2.45) is 0 Å². The summed E-state index contributed by atoms with van der Waals surface area (Å²) >= 11 is 3.26. The van der Waals surface area contributed by atoms with Crippen LogP contribution in [0, 0.1) is 0 Å². The molecular formula is C12H11BrN2O4S. The number of hydrogen-bond donors (Lipinski definition) is 2. The summed E-state index contributed by atoms with van der Waals surface area (Å²) in [6, 6.07) is 7.24. The van der Waals surface area contributed by atoms with E-state index >= 15 is 0 Å². The Labute approximate surface area is 124 Å². The van der Waals surface area contributed by atoms with Gasteiger partial charge in [0.25, 0.3) is 10.0 Å². The topological polar surface area (TPSA) is 88.3 Å². The molecule has 0 unspecified atom stereocenters. The fraction of sp³-hybridized carbons (Fsp3) is 0.0833. The summed E-state index contributed by atoms with van der Waals surface area (Å²) < 4.78 is 32.4. The average Bonchev–Trinajstić information content (AvgIpc) is 2.37. The van der Waals surface area contributed by atoms with E-state index in [1.54, 1.807) is 18.2 Å². The van der Waals surface area contributed by atoms with Crippen LogP contribution in [0.15, 0.2) is 50.7 Å². The Morgan fingerprint density at radius 3 is 2.60 bits per heavy atom. The predicted molar refractivity (Wildman–Crippen MR) is 78.6 cm³/mol. The lowest BCUT2D eigenvalue weighted by atomic mass is 10.3. The fourth-order valence-electron chi connectivity index (χ4n) is 1.52. The summed E-state index contributed by atoms with van der Waals surface area (Å²) in [5.74, 6) is 0.513. The van der Waals surface area contributed by atoms with Crippen molar-refractivity contribution in [2.45, 2.75) is 4.90 Å². The summed E-state index contributed by atoms with van der Waals surface area (Å²) in [5.41, 5.74) is -0.0181. The number of H-pyrrole nitrogens is 1. The number of sulfonamides is 1. The molecule has 1 heterocycles. The molecule has 0 saturated heterocycles. The number of rotatable bonds is 4. The van der Waals surface area contributed by atoms with Gasteiger partial charge in [-0.15, -0.1) is 0 Å². The van der Waals surface area contributed by atoms with Crippen molar-refractivity contribution in [3.8, 4) is 5.75 Å². The number of methoxy groups -OCH3 is 1. The lowest BCUT2D eigenvalue weighted by molar-refractivity contribution is 0.415. The molecule has 0 radical (unpaired) electrons. The molecule has 1 aromatic carbocycles. The van der Waals surface area contributed by atoms with Crippen LogP contribution >= 0.6 is 15.9 Å². The van der Waals surface area contributed by atoms with Gasteiger partial charge >= 0.3 is 0 Å². The zero-order valence-corrected chi connectivity index (χ0v) is 12.8. The first kappa shape index (κ1) is 14.6. The summed E-state index contributed by atoms with van der Waals surface area (Å²) in [6.07, 6.45) is 1.14. The van der Waals surface area contributed by atoms with E-state index in [0.717, 1.165) is 12.3 Å². The molecule has 0 aliphatic rings.